The first-order chi connectivity index (χ1) is 18.0. The van der Waals surface area contributed by atoms with Crippen molar-refractivity contribution in [3.8, 4) is 16.9 Å². The Morgan fingerprint density at radius 3 is 2.05 bits per heavy atom. The second-order valence-electron chi connectivity index (χ2n) is 9.95. The lowest BCUT2D eigenvalue weighted by Gasteiger charge is -2.08. The molecule has 6 nitrogen and oxygen atoms in total. The van der Waals surface area contributed by atoms with Crippen LogP contribution in [0, 0.1) is 5.92 Å². The van der Waals surface area contributed by atoms with Crippen LogP contribution < -0.4 is 10.4 Å². The molecule has 200 valence electrons. The van der Waals surface area contributed by atoms with E-state index in [0.717, 1.165) is 36.0 Å². The fraction of sp³-hybridized carbons (Fsp3) is 0.516. The number of rotatable bonds is 17. The van der Waals surface area contributed by atoms with Gasteiger partial charge in [0.1, 0.15) is 11.3 Å². The van der Waals surface area contributed by atoms with Crippen molar-refractivity contribution < 1.29 is 18.7 Å². The highest BCUT2D eigenvalue weighted by Gasteiger charge is 2.09. The van der Waals surface area contributed by atoms with Gasteiger partial charge in [0.15, 0.2) is 0 Å². The Kier molecular flexibility index (Phi) is 12.2. The van der Waals surface area contributed by atoms with Gasteiger partial charge in [0.2, 0.25) is 0 Å². The van der Waals surface area contributed by atoms with Gasteiger partial charge >= 0.3 is 11.6 Å². The Hall–Kier alpha value is -3.15. The van der Waals surface area contributed by atoms with Crippen LogP contribution in [0.2, 0.25) is 0 Å². The molecule has 0 radical (unpaired) electrons. The molecule has 0 N–H and O–H groups in total. The molecule has 0 unspecified atom stereocenters. The number of pyridine rings is 1. The fourth-order valence-corrected chi connectivity index (χ4v) is 4.22. The highest BCUT2D eigenvalue weighted by molar-refractivity contribution is 5.80. The highest BCUT2D eigenvalue weighted by atomic mass is 16.5. The third-order valence-electron chi connectivity index (χ3n) is 6.47. The average molecular weight is 508 g/mol. The van der Waals surface area contributed by atoms with E-state index in [2.05, 4.69) is 4.98 Å². The summed E-state index contributed by atoms with van der Waals surface area (Å²) in [5.74, 6) is 0.694. The van der Waals surface area contributed by atoms with Crippen LogP contribution in [-0.4, -0.2) is 24.2 Å². The maximum Gasteiger partial charge on any atom is 0.344 e. The number of ether oxygens (including phenoxy) is 2. The van der Waals surface area contributed by atoms with Gasteiger partial charge < -0.3 is 13.9 Å². The van der Waals surface area contributed by atoms with E-state index in [1.54, 1.807) is 18.5 Å². The Morgan fingerprint density at radius 1 is 0.838 bits per heavy atom. The molecule has 2 heterocycles. The quantitative estimate of drug-likeness (QED) is 0.137. The summed E-state index contributed by atoms with van der Waals surface area (Å²) in [4.78, 5) is 27.8. The molecule has 0 amide bonds. The number of hydrogen-bond acceptors (Lipinski definition) is 6. The minimum Gasteiger partial charge on any atom is -0.494 e. The molecule has 0 aliphatic rings. The van der Waals surface area contributed by atoms with E-state index in [1.165, 1.54) is 51.4 Å². The number of esters is 1. The molecule has 2 aromatic heterocycles. The van der Waals surface area contributed by atoms with Crippen LogP contribution in [0.3, 0.4) is 0 Å². The van der Waals surface area contributed by atoms with Crippen molar-refractivity contribution in [3.05, 3.63) is 59.2 Å². The summed E-state index contributed by atoms with van der Waals surface area (Å²) in [5.41, 5.74) is 1.52. The number of fused-ring (bicyclic) bond motifs is 1. The number of benzene rings is 1. The molecule has 6 heteroatoms. The zero-order valence-corrected chi connectivity index (χ0v) is 22.4. The van der Waals surface area contributed by atoms with E-state index in [9.17, 15) is 9.59 Å². The van der Waals surface area contributed by atoms with Crippen LogP contribution in [0.4, 0.5) is 0 Å². The standard InChI is InChI=1S/C31H41NO5/c1-24(2)30(33)36-21-13-11-9-7-5-3-4-6-8-10-12-20-35-27-16-14-25(15-17-27)28-22-26-23-32-19-18-29(26)37-31(28)34/h14-19,22-24H,3-13,20-21H2,1-2H3. The molecule has 0 atom stereocenters. The van der Waals surface area contributed by atoms with Crippen LogP contribution in [0.25, 0.3) is 22.1 Å². The number of hydrogen-bond donors (Lipinski definition) is 0. The first kappa shape index (κ1) is 28.4. The lowest BCUT2D eigenvalue weighted by molar-refractivity contribution is -0.147. The Balaban J connectivity index is 1.19. The van der Waals surface area contributed by atoms with Gasteiger partial charge in [0.25, 0.3) is 0 Å². The third-order valence-corrected chi connectivity index (χ3v) is 6.47. The zero-order chi connectivity index (χ0) is 26.3. The second kappa shape index (κ2) is 15.9. The van der Waals surface area contributed by atoms with Gasteiger partial charge in [-0.15, -0.1) is 0 Å². The maximum atomic E-state index is 12.3. The number of carbonyl (C=O) groups excluding carboxylic acids is 1. The summed E-state index contributed by atoms with van der Waals surface area (Å²) in [6.07, 6.45) is 16.6. The fourth-order valence-electron chi connectivity index (χ4n) is 4.22. The van der Waals surface area contributed by atoms with Crippen molar-refractivity contribution in [2.24, 2.45) is 5.92 Å². The maximum absolute atomic E-state index is 12.3. The first-order valence-electron chi connectivity index (χ1n) is 13.8. The molecule has 3 rings (SSSR count). The van der Waals surface area contributed by atoms with Gasteiger partial charge in [-0.05, 0) is 42.7 Å². The van der Waals surface area contributed by atoms with Crippen molar-refractivity contribution in [1.29, 1.82) is 0 Å². The van der Waals surface area contributed by atoms with Gasteiger partial charge in [-0.1, -0.05) is 83.8 Å². The second-order valence-corrected chi connectivity index (χ2v) is 9.95. The smallest absolute Gasteiger partial charge is 0.344 e. The molecule has 0 fully saturated rings. The molecule has 0 bridgehead atoms. The van der Waals surface area contributed by atoms with E-state index in [4.69, 9.17) is 13.9 Å². The van der Waals surface area contributed by atoms with Gasteiger partial charge in [-0.25, -0.2) is 4.79 Å². The predicted molar refractivity (Wildman–Crippen MR) is 148 cm³/mol. The summed E-state index contributed by atoms with van der Waals surface area (Å²) < 4.78 is 16.5. The van der Waals surface area contributed by atoms with Gasteiger partial charge in [0.05, 0.1) is 24.7 Å². The van der Waals surface area contributed by atoms with E-state index >= 15 is 0 Å². The van der Waals surface area contributed by atoms with E-state index in [0.29, 0.717) is 24.4 Å². The van der Waals surface area contributed by atoms with Crippen LogP contribution in [0.1, 0.15) is 84.5 Å². The van der Waals surface area contributed by atoms with Crippen LogP contribution >= 0.6 is 0 Å². The highest BCUT2D eigenvalue weighted by Crippen LogP contribution is 2.23. The topological polar surface area (TPSA) is 78.6 Å². The molecule has 3 aromatic rings. The van der Waals surface area contributed by atoms with Crippen molar-refractivity contribution in [2.45, 2.75) is 84.5 Å². The van der Waals surface area contributed by atoms with Crippen molar-refractivity contribution >= 4 is 16.9 Å². The summed E-state index contributed by atoms with van der Waals surface area (Å²) in [5, 5.41) is 0.801. The monoisotopic (exact) mass is 507 g/mol. The number of carbonyl (C=O) groups is 1. The minimum atomic E-state index is -0.353. The summed E-state index contributed by atoms with van der Waals surface area (Å²) >= 11 is 0. The summed E-state index contributed by atoms with van der Waals surface area (Å²) in [7, 11) is 0. The Morgan fingerprint density at radius 2 is 1.43 bits per heavy atom. The SMILES string of the molecule is CC(C)C(=O)OCCCCCCCCCCCCCOc1ccc(-c2cc3cnccc3oc2=O)cc1. The molecule has 37 heavy (non-hydrogen) atoms. The lowest BCUT2D eigenvalue weighted by atomic mass is 10.1. The molecule has 0 saturated carbocycles. The van der Waals surface area contributed by atoms with Crippen molar-refractivity contribution in [3.63, 3.8) is 0 Å². The van der Waals surface area contributed by atoms with Gasteiger partial charge in [0, 0.05) is 17.8 Å². The molecule has 0 saturated heterocycles. The molecule has 1 aromatic carbocycles. The number of nitrogens with zero attached hydrogens (tertiary/aromatic N) is 1. The third kappa shape index (κ3) is 10.0. The largest absolute Gasteiger partial charge is 0.494 e. The van der Waals surface area contributed by atoms with E-state index in [-0.39, 0.29) is 17.5 Å². The normalized spacial score (nSPS) is 11.2. The molecule has 0 aliphatic heterocycles. The van der Waals surface area contributed by atoms with Crippen LogP contribution in [0.15, 0.2) is 58.0 Å². The van der Waals surface area contributed by atoms with Crippen LogP contribution in [0.5, 0.6) is 5.75 Å². The first-order valence-corrected chi connectivity index (χ1v) is 13.8. The van der Waals surface area contributed by atoms with Gasteiger partial charge in [-0.3, -0.25) is 9.78 Å². The molecular weight excluding hydrogens is 466 g/mol. The Bertz CT molecular complexity index is 1140. The summed E-state index contributed by atoms with van der Waals surface area (Å²) in [6.45, 7) is 5.00. The zero-order valence-electron chi connectivity index (χ0n) is 22.4. The van der Waals surface area contributed by atoms with Crippen molar-refractivity contribution in [1.82, 2.24) is 4.98 Å². The van der Waals surface area contributed by atoms with Crippen molar-refractivity contribution in [2.75, 3.05) is 13.2 Å². The summed E-state index contributed by atoms with van der Waals surface area (Å²) in [6, 6.07) is 11.1. The van der Waals surface area contributed by atoms with E-state index in [1.807, 2.05) is 44.2 Å². The average Bonchev–Trinajstić information content (AvgIpc) is 2.90. The Labute approximate surface area is 220 Å². The van der Waals surface area contributed by atoms with E-state index < -0.39 is 0 Å². The number of aromatic nitrogens is 1. The molecule has 0 aliphatic carbocycles. The lowest BCUT2D eigenvalue weighted by Crippen LogP contribution is -2.12. The van der Waals surface area contributed by atoms with Crippen LogP contribution in [-0.2, 0) is 9.53 Å². The minimum absolute atomic E-state index is 0.0299. The molecular formula is C31H41NO5. The predicted octanol–water partition coefficient (Wildman–Crippen LogP) is 7.72. The van der Waals surface area contributed by atoms with Gasteiger partial charge in [-0.2, -0.15) is 0 Å². The number of unbranched alkanes of at least 4 members (excludes halogenated alkanes) is 10. The molecule has 0 spiro atoms.